The number of rotatable bonds is 10. The first kappa shape index (κ1) is 25.4. The van der Waals surface area contributed by atoms with E-state index in [9.17, 15) is 4.79 Å². The van der Waals surface area contributed by atoms with Gasteiger partial charge in [0.25, 0.3) is 0 Å². The molecule has 0 radical (unpaired) electrons. The van der Waals surface area contributed by atoms with Gasteiger partial charge in [0.05, 0.1) is 5.92 Å². The maximum atomic E-state index is 12.2. The highest BCUT2D eigenvalue weighted by Gasteiger charge is 2.21. The summed E-state index contributed by atoms with van der Waals surface area (Å²) < 4.78 is 5.02. The predicted octanol–water partition coefficient (Wildman–Crippen LogP) is 2.25. The van der Waals surface area contributed by atoms with E-state index in [1.807, 2.05) is 44.3 Å². The Balaban J connectivity index is 0. The van der Waals surface area contributed by atoms with E-state index in [4.69, 9.17) is 10.5 Å². The van der Waals surface area contributed by atoms with Gasteiger partial charge in [0.15, 0.2) is 0 Å². The van der Waals surface area contributed by atoms with Crippen LogP contribution in [0.2, 0.25) is 0 Å². The highest BCUT2D eigenvalue weighted by atomic mass is 35.5. The second-order valence-corrected chi connectivity index (χ2v) is 5.67. The molecule has 2 atom stereocenters. The number of ether oxygens (including phenoxy) is 1. The van der Waals surface area contributed by atoms with Crippen LogP contribution in [-0.4, -0.2) is 51.2 Å². The second-order valence-electron chi connectivity index (χ2n) is 5.67. The van der Waals surface area contributed by atoms with Gasteiger partial charge in [-0.15, -0.1) is 24.8 Å². The number of likely N-dealkylation sites (N-methyl/N-ethyl adjacent to an activating group) is 1. The van der Waals surface area contributed by atoms with E-state index in [1.54, 1.807) is 7.11 Å². The molecule has 1 amide bonds. The number of hydrogen-bond donors (Lipinski definition) is 2. The zero-order valence-corrected chi connectivity index (χ0v) is 16.4. The lowest BCUT2D eigenvalue weighted by Crippen LogP contribution is -2.39. The fourth-order valence-electron chi connectivity index (χ4n) is 2.25. The van der Waals surface area contributed by atoms with Gasteiger partial charge in [0.2, 0.25) is 5.91 Å². The van der Waals surface area contributed by atoms with Crippen LogP contribution in [0.5, 0.6) is 0 Å². The molecule has 2 unspecified atom stereocenters. The Morgan fingerprint density at radius 1 is 1.25 bits per heavy atom. The third kappa shape index (κ3) is 9.45. The molecule has 0 aliphatic heterocycles. The quantitative estimate of drug-likeness (QED) is 0.611. The normalized spacial score (nSPS) is 12.7. The van der Waals surface area contributed by atoms with E-state index < -0.39 is 0 Å². The molecule has 0 heterocycles. The lowest BCUT2D eigenvalue weighted by Gasteiger charge is -2.21. The van der Waals surface area contributed by atoms with Crippen molar-refractivity contribution in [3.8, 4) is 0 Å². The Hall–Kier alpha value is -0.850. The van der Waals surface area contributed by atoms with E-state index in [0.29, 0.717) is 6.54 Å². The number of nitrogens with two attached hydrogens (primary N) is 1. The van der Waals surface area contributed by atoms with Gasteiger partial charge in [-0.1, -0.05) is 37.3 Å². The van der Waals surface area contributed by atoms with Crippen LogP contribution in [0.1, 0.15) is 24.9 Å². The lowest BCUT2D eigenvalue weighted by molar-refractivity contribution is -0.125. The molecule has 1 aromatic carbocycles. The Morgan fingerprint density at radius 3 is 2.46 bits per heavy atom. The van der Waals surface area contributed by atoms with Gasteiger partial charge in [-0.2, -0.15) is 0 Å². The zero-order valence-electron chi connectivity index (χ0n) is 14.7. The fourth-order valence-corrected chi connectivity index (χ4v) is 2.25. The number of hydrogen-bond acceptors (Lipinski definition) is 4. The van der Waals surface area contributed by atoms with Crippen LogP contribution in [0.3, 0.4) is 0 Å². The summed E-state index contributed by atoms with van der Waals surface area (Å²) in [4.78, 5) is 14.4. The highest BCUT2D eigenvalue weighted by Crippen LogP contribution is 2.18. The Kier molecular flexibility index (Phi) is 15.3. The Morgan fingerprint density at radius 2 is 1.88 bits per heavy atom. The molecule has 1 aromatic rings. The molecule has 0 aliphatic rings. The Bertz CT molecular complexity index is 435. The summed E-state index contributed by atoms with van der Waals surface area (Å²) in [6, 6.07) is 9.46. The van der Waals surface area contributed by atoms with Crippen LogP contribution < -0.4 is 11.1 Å². The van der Waals surface area contributed by atoms with E-state index >= 15 is 0 Å². The summed E-state index contributed by atoms with van der Waals surface area (Å²) in [6.45, 7) is 5.05. The van der Waals surface area contributed by atoms with Crippen molar-refractivity contribution in [2.24, 2.45) is 11.7 Å². The first-order valence-electron chi connectivity index (χ1n) is 7.82. The SMILES string of the molecule is COCCCN(C)CCNC(=O)C(C)C(N)c1ccccc1.Cl.Cl. The van der Waals surface area contributed by atoms with Gasteiger partial charge in [0.1, 0.15) is 0 Å². The minimum Gasteiger partial charge on any atom is -0.385 e. The molecule has 0 bridgehead atoms. The van der Waals surface area contributed by atoms with Crippen molar-refractivity contribution >= 4 is 30.7 Å². The molecule has 24 heavy (non-hydrogen) atoms. The van der Waals surface area contributed by atoms with Crippen molar-refractivity contribution < 1.29 is 9.53 Å². The standard InChI is InChI=1S/C17H29N3O2.2ClH/c1-14(16(18)15-8-5-4-6-9-15)17(21)19-10-12-20(2)11-7-13-22-3;;/h4-6,8-9,14,16H,7,10-13,18H2,1-3H3,(H,19,21);2*1H. The minimum absolute atomic E-state index is 0. The van der Waals surface area contributed by atoms with Gasteiger partial charge in [-0.25, -0.2) is 0 Å². The van der Waals surface area contributed by atoms with Gasteiger partial charge >= 0.3 is 0 Å². The monoisotopic (exact) mass is 379 g/mol. The van der Waals surface area contributed by atoms with Crippen LogP contribution in [0, 0.1) is 5.92 Å². The third-order valence-corrected chi connectivity index (χ3v) is 3.82. The maximum Gasteiger partial charge on any atom is 0.224 e. The number of methoxy groups -OCH3 is 1. The van der Waals surface area contributed by atoms with E-state index in [-0.39, 0.29) is 42.7 Å². The van der Waals surface area contributed by atoms with Crippen LogP contribution in [0.15, 0.2) is 30.3 Å². The zero-order chi connectivity index (χ0) is 16.4. The molecule has 0 aromatic heterocycles. The van der Waals surface area contributed by atoms with Crippen molar-refractivity contribution in [2.45, 2.75) is 19.4 Å². The number of carbonyl (C=O) groups is 1. The molecular formula is C17H31Cl2N3O2. The molecule has 7 heteroatoms. The lowest BCUT2D eigenvalue weighted by atomic mass is 9.95. The molecule has 0 saturated heterocycles. The maximum absolute atomic E-state index is 12.2. The van der Waals surface area contributed by atoms with Crippen LogP contribution >= 0.6 is 24.8 Å². The van der Waals surface area contributed by atoms with Crippen molar-refractivity contribution in [1.29, 1.82) is 0 Å². The molecule has 0 fully saturated rings. The molecule has 3 N–H and O–H groups in total. The van der Waals surface area contributed by atoms with Gasteiger partial charge in [-0.05, 0) is 19.0 Å². The number of amides is 1. The van der Waals surface area contributed by atoms with Crippen molar-refractivity contribution in [2.75, 3.05) is 40.4 Å². The topological polar surface area (TPSA) is 67.6 Å². The first-order valence-corrected chi connectivity index (χ1v) is 7.82. The third-order valence-electron chi connectivity index (χ3n) is 3.82. The van der Waals surface area contributed by atoms with Crippen LogP contribution in [0.25, 0.3) is 0 Å². The van der Waals surface area contributed by atoms with Gasteiger partial charge < -0.3 is 20.7 Å². The number of nitrogens with one attached hydrogen (secondary N) is 1. The smallest absolute Gasteiger partial charge is 0.224 e. The minimum atomic E-state index is -0.277. The molecule has 140 valence electrons. The van der Waals surface area contributed by atoms with Gasteiger partial charge in [0, 0.05) is 39.4 Å². The molecule has 0 saturated carbocycles. The number of nitrogens with zero attached hydrogens (tertiary/aromatic N) is 1. The van der Waals surface area contributed by atoms with Crippen molar-refractivity contribution in [1.82, 2.24) is 10.2 Å². The first-order chi connectivity index (χ1) is 10.6. The Labute approximate surface area is 158 Å². The molecule has 0 spiro atoms. The van der Waals surface area contributed by atoms with Crippen LogP contribution in [-0.2, 0) is 9.53 Å². The number of carbonyl (C=O) groups excluding carboxylic acids is 1. The molecule has 1 rings (SSSR count). The van der Waals surface area contributed by atoms with E-state index in [1.165, 1.54) is 0 Å². The summed E-state index contributed by atoms with van der Waals surface area (Å²) in [5.74, 6) is -0.247. The second kappa shape index (κ2) is 14.5. The summed E-state index contributed by atoms with van der Waals surface area (Å²) in [7, 11) is 3.75. The largest absolute Gasteiger partial charge is 0.385 e. The van der Waals surface area contributed by atoms with Crippen molar-refractivity contribution in [3.05, 3.63) is 35.9 Å². The summed E-state index contributed by atoms with van der Waals surface area (Å²) in [6.07, 6.45) is 0.996. The average molecular weight is 380 g/mol. The molecule has 0 aliphatic carbocycles. The highest BCUT2D eigenvalue weighted by molar-refractivity contribution is 5.85. The number of halogens is 2. The summed E-state index contributed by atoms with van der Waals surface area (Å²) >= 11 is 0. The van der Waals surface area contributed by atoms with Gasteiger partial charge in [-0.3, -0.25) is 4.79 Å². The average Bonchev–Trinajstić information content (AvgIpc) is 2.54. The van der Waals surface area contributed by atoms with Crippen molar-refractivity contribution in [3.63, 3.8) is 0 Å². The molecule has 5 nitrogen and oxygen atoms in total. The fraction of sp³-hybridized carbons (Fsp3) is 0.588. The number of benzene rings is 1. The predicted molar refractivity (Wildman–Crippen MR) is 104 cm³/mol. The summed E-state index contributed by atoms with van der Waals surface area (Å²) in [5.41, 5.74) is 7.15. The van der Waals surface area contributed by atoms with Crippen LogP contribution in [0.4, 0.5) is 0 Å². The van der Waals surface area contributed by atoms with E-state index in [2.05, 4.69) is 10.2 Å². The van der Waals surface area contributed by atoms with E-state index in [0.717, 1.165) is 31.7 Å². The summed E-state index contributed by atoms with van der Waals surface area (Å²) in [5, 5.41) is 2.96. The molecular weight excluding hydrogens is 349 g/mol.